The molecular weight excluding hydrogens is 134 g/mol. The van der Waals surface area contributed by atoms with E-state index in [2.05, 4.69) is 10.2 Å². The fourth-order valence-electron chi connectivity index (χ4n) is 0.553. The summed E-state index contributed by atoms with van der Waals surface area (Å²) in [4.78, 5) is 10.7. The van der Waals surface area contributed by atoms with Gasteiger partial charge in [-0.15, -0.1) is 10.2 Å². The van der Waals surface area contributed by atoms with Crippen LogP contribution >= 0.6 is 0 Å². The van der Waals surface area contributed by atoms with E-state index in [0.29, 0.717) is 0 Å². The Morgan fingerprint density at radius 2 is 2.60 bits per heavy atom. The highest BCUT2D eigenvalue weighted by Gasteiger charge is 2.08. The zero-order chi connectivity index (χ0) is 7.56. The molecule has 0 spiro atoms. The van der Waals surface area contributed by atoms with Crippen molar-refractivity contribution in [2.75, 3.05) is 0 Å². The lowest BCUT2D eigenvalue weighted by molar-refractivity contribution is 0.0940. The summed E-state index contributed by atoms with van der Waals surface area (Å²) in [5.41, 5.74) is 1.95. The number of hydrogen-bond acceptors (Lipinski definition) is 4. The standard InChI is InChI=1S/C4H7N5O/c1-9-2-6-8-3(9)4(10)7-5/h2H,5H2,1H3,(H,7,10). The van der Waals surface area contributed by atoms with Crippen molar-refractivity contribution in [3.8, 4) is 0 Å². The number of hydrazine groups is 1. The van der Waals surface area contributed by atoms with Gasteiger partial charge in [0.15, 0.2) is 0 Å². The molecule has 1 aromatic heterocycles. The van der Waals surface area contributed by atoms with E-state index in [1.165, 1.54) is 10.9 Å². The molecule has 0 atom stereocenters. The SMILES string of the molecule is Cn1cnnc1C(=O)NN. The molecule has 0 saturated carbocycles. The summed E-state index contributed by atoms with van der Waals surface area (Å²) < 4.78 is 1.47. The van der Waals surface area contributed by atoms with Crippen LogP contribution in [0.2, 0.25) is 0 Å². The number of carbonyl (C=O) groups excluding carboxylic acids is 1. The third-order valence-corrected chi connectivity index (χ3v) is 1.05. The van der Waals surface area contributed by atoms with Gasteiger partial charge in [0.2, 0.25) is 5.82 Å². The van der Waals surface area contributed by atoms with Gasteiger partial charge in [0.05, 0.1) is 0 Å². The van der Waals surface area contributed by atoms with E-state index in [0.717, 1.165) is 0 Å². The zero-order valence-electron chi connectivity index (χ0n) is 5.40. The van der Waals surface area contributed by atoms with Crippen molar-refractivity contribution < 1.29 is 4.79 Å². The van der Waals surface area contributed by atoms with Crippen molar-refractivity contribution in [3.05, 3.63) is 12.2 Å². The molecule has 3 N–H and O–H groups in total. The van der Waals surface area contributed by atoms with Crippen molar-refractivity contribution in [2.45, 2.75) is 0 Å². The topological polar surface area (TPSA) is 85.8 Å². The molecule has 6 nitrogen and oxygen atoms in total. The number of hydrogen-bond donors (Lipinski definition) is 2. The third-order valence-electron chi connectivity index (χ3n) is 1.05. The average Bonchev–Trinajstić information content (AvgIpc) is 2.34. The van der Waals surface area contributed by atoms with Crippen LogP contribution in [-0.2, 0) is 7.05 Å². The zero-order valence-corrected chi connectivity index (χ0v) is 5.40. The van der Waals surface area contributed by atoms with Gasteiger partial charge in [0.25, 0.3) is 0 Å². The van der Waals surface area contributed by atoms with Gasteiger partial charge in [-0.3, -0.25) is 10.2 Å². The maximum absolute atomic E-state index is 10.7. The van der Waals surface area contributed by atoms with Gasteiger partial charge >= 0.3 is 5.91 Å². The molecule has 1 heterocycles. The largest absolute Gasteiger partial charge is 0.313 e. The summed E-state index contributed by atoms with van der Waals surface area (Å²) in [7, 11) is 1.66. The molecule has 0 aromatic carbocycles. The first-order valence-electron chi connectivity index (χ1n) is 2.60. The first-order valence-corrected chi connectivity index (χ1v) is 2.60. The van der Waals surface area contributed by atoms with Gasteiger partial charge in [0, 0.05) is 7.05 Å². The van der Waals surface area contributed by atoms with Crippen molar-refractivity contribution in [3.63, 3.8) is 0 Å². The van der Waals surface area contributed by atoms with Crippen LogP contribution < -0.4 is 11.3 Å². The Hall–Kier alpha value is -1.43. The molecule has 1 rings (SSSR count). The van der Waals surface area contributed by atoms with Crippen LogP contribution in [0.25, 0.3) is 0 Å². The minimum absolute atomic E-state index is 0.197. The van der Waals surface area contributed by atoms with Crippen molar-refractivity contribution in [1.29, 1.82) is 0 Å². The summed E-state index contributed by atoms with van der Waals surface area (Å²) in [6.07, 6.45) is 1.42. The average molecular weight is 141 g/mol. The summed E-state index contributed by atoms with van der Waals surface area (Å²) in [6.45, 7) is 0. The van der Waals surface area contributed by atoms with Crippen LogP contribution in [0, 0.1) is 0 Å². The summed E-state index contributed by atoms with van der Waals surface area (Å²) in [5, 5.41) is 6.99. The van der Waals surface area contributed by atoms with Gasteiger partial charge < -0.3 is 4.57 Å². The highest BCUT2D eigenvalue weighted by atomic mass is 16.2. The monoisotopic (exact) mass is 141 g/mol. The van der Waals surface area contributed by atoms with Crippen LogP contribution in [0.5, 0.6) is 0 Å². The molecule has 54 valence electrons. The van der Waals surface area contributed by atoms with E-state index >= 15 is 0 Å². The molecule has 0 unspecified atom stereocenters. The normalized spacial score (nSPS) is 9.40. The van der Waals surface area contributed by atoms with E-state index in [1.807, 2.05) is 5.43 Å². The molecule has 0 aliphatic carbocycles. The minimum Gasteiger partial charge on any atom is -0.313 e. The number of nitrogens with zero attached hydrogens (tertiary/aromatic N) is 3. The minimum atomic E-state index is -0.444. The van der Waals surface area contributed by atoms with Crippen LogP contribution in [0.15, 0.2) is 6.33 Å². The Bertz CT molecular complexity index is 242. The Balaban J connectivity index is 2.93. The first kappa shape index (κ1) is 6.69. The molecule has 0 bridgehead atoms. The quantitative estimate of drug-likeness (QED) is 0.281. The van der Waals surface area contributed by atoms with Crippen LogP contribution in [0.3, 0.4) is 0 Å². The van der Waals surface area contributed by atoms with Crippen molar-refractivity contribution in [2.24, 2.45) is 12.9 Å². The van der Waals surface area contributed by atoms with E-state index in [4.69, 9.17) is 5.84 Å². The van der Waals surface area contributed by atoms with E-state index < -0.39 is 5.91 Å². The first-order chi connectivity index (χ1) is 4.75. The maximum Gasteiger partial charge on any atom is 0.303 e. The maximum atomic E-state index is 10.7. The van der Waals surface area contributed by atoms with E-state index in [9.17, 15) is 4.79 Å². The number of nitrogens with two attached hydrogens (primary N) is 1. The molecule has 6 heteroatoms. The second kappa shape index (κ2) is 2.44. The van der Waals surface area contributed by atoms with Gasteiger partial charge in [0.1, 0.15) is 6.33 Å². The highest BCUT2D eigenvalue weighted by Crippen LogP contribution is 1.88. The summed E-state index contributed by atoms with van der Waals surface area (Å²) in [5.74, 6) is 4.60. The molecule has 0 radical (unpaired) electrons. The van der Waals surface area contributed by atoms with Gasteiger partial charge in [-0.2, -0.15) is 0 Å². The number of carbonyl (C=O) groups is 1. The number of amides is 1. The summed E-state index contributed by atoms with van der Waals surface area (Å²) in [6, 6.07) is 0. The fraction of sp³-hybridized carbons (Fsp3) is 0.250. The van der Waals surface area contributed by atoms with Crippen molar-refractivity contribution in [1.82, 2.24) is 20.2 Å². The molecule has 0 saturated heterocycles. The predicted molar refractivity (Wildman–Crippen MR) is 32.7 cm³/mol. The lowest BCUT2D eigenvalue weighted by Crippen LogP contribution is -2.32. The number of rotatable bonds is 1. The van der Waals surface area contributed by atoms with Crippen LogP contribution in [0.4, 0.5) is 0 Å². The number of aryl methyl sites for hydroxylation is 1. The van der Waals surface area contributed by atoms with Gasteiger partial charge in [-0.05, 0) is 0 Å². The summed E-state index contributed by atoms with van der Waals surface area (Å²) >= 11 is 0. The van der Waals surface area contributed by atoms with Gasteiger partial charge in [-0.25, -0.2) is 5.84 Å². The Morgan fingerprint density at radius 3 is 3.00 bits per heavy atom. The van der Waals surface area contributed by atoms with Crippen LogP contribution in [-0.4, -0.2) is 20.7 Å². The Kier molecular flexibility index (Phi) is 1.63. The fourth-order valence-corrected chi connectivity index (χ4v) is 0.553. The van der Waals surface area contributed by atoms with Crippen LogP contribution in [0.1, 0.15) is 10.6 Å². The second-order valence-electron chi connectivity index (χ2n) is 1.74. The lowest BCUT2D eigenvalue weighted by Gasteiger charge is -1.95. The lowest BCUT2D eigenvalue weighted by atomic mass is 10.6. The molecular formula is C4H7N5O. The molecule has 0 aliphatic rings. The van der Waals surface area contributed by atoms with Crippen molar-refractivity contribution >= 4 is 5.91 Å². The van der Waals surface area contributed by atoms with E-state index in [-0.39, 0.29) is 5.82 Å². The smallest absolute Gasteiger partial charge is 0.303 e. The van der Waals surface area contributed by atoms with Gasteiger partial charge in [-0.1, -0.05) is 0 Å². The predicted octanol–water partition coefficient (Wildman–Crippen LogP) is -1.58. The van der Waals surface area contributed by atoms with E-state index in [1.54, 1.807) is 7.05 Å². The number of nitrogen functional groups attached to an aromatic ring is 1. The number of nitrogens with one attached hydrogen (secondary N) is 1. The number of aromatic nitrogens is 3. The molecule has 0 fully saturated rings. The Morgan fingerprint density at radius 1 is 1.90 bits per heavy atom. The molecule has 1 amide bonds. The second-order valence-corrected chi connectivity index (χ2v) is 1.74. The molecule has 10 heavy (non-hydrogen) atoms. The highest BCUT2D eigenvalue weighted by molar-refractivity contribution is 5.89. The third kappa shape index (κ3) is 0.960. The molecule has 1 aromatic rings. The Labute approximate surface area is 57.0 Å². The molecule has 0 aliphatic heterocycles.